The van der Waals surface area contributed by atoms with E-state index in [-0.39, 0.29) is 11.8 Å². The van der Waals surface area contributed by atoms with E-state index in [9.17, 15) is 4.79 Å². The molecule has 3 N–H and O–H groups in total. The Morgan fingerprint density at radius 1 is 1.37 bits per heavy atom. The summed E-state index contributed by atoms with van der Waals surface area (Å²) in [4.78, 5) is 12.5. The maximum atomic E-state index is 11.3. The van der Waals surface area contributed by atoms with Gasteiger partial charge in [-0.3, -0.25) is 4.79 Å². The van der Waals surface area contributed by atoms with Crippen LogP contribution < -0.4 is 11.1 Å². The molecule has 5 heteroatoms. The van der Waals surface area contributed by atoms with E-state index in [2.05, 4.69) is 12.2 Å². The number of nitrogens with one attached hydrogen (secondary N) is 1. The Hall–Kier alpha value is -1.52. The van der Waals surface area contributed by atoms with Crippen molar-refractivity contribution in [3.8, 4) is 0 Å². The number of carbonyl (C=O) groups is 1. The van der Waals surface area contributed by atoms with Gasteiger partial charge in [0.25, 0.3) is 0 Å². The van der Waals surface area contributed by atoms with E-state index in [1.165, 1.54) is 6.92 Å². The van der Waals surface area contributed by atoms with Crippen molar-refractivity contribution in [2.75, 3.05) is 11.1 Å². The molecule has 0 spiro atoms. The van der Waals surface area contributed by atoms with E-state index in [1.54, 1.807) is 23.5 Å². The maximum Gasteiger partial charge on any atom is 0.161 e. The molecular formula is C14H15ClN2OS. The van der Waals surface area contributed by atoms with Gasteiger partial charge in [-0.15, -0.1) is 11.3 Å². The van der Waals surface area contributed by atoms with Crippen LogP contribution in [0.5, 0.6) is 0 Å². The van der Waals surface area contributed by atoms with Crippen LogP contribution in [0.25, 0.3) is 0 Å². The van der Waals surface area contributed by atoms with Crippen molar-refractivity contribution >= 4 is 40.1 Å². The van der Waals surface area contributed by atoms with Gasteiger partial charge in [-0.25, -0.2) is 0 Å². The Bertz CT molecular complexity index is 609. The quantitative estimate of drug-likeness (QED) is 0.651. The summed E-state index contributed by atoms with van der Waals surface area (Å²) < 4.78 is 0.773. The van der Waals surface area contributed by atoms with Gasteiger partial charge in [0.15, 0.2) is 5.78 Å². The Balaban J connectivity index is 2.15. The number of carbonyl (C=O) groups excluding carboxylic acids is 1. The number of hydrogen-bond acceptors (Lipinski definition) is 4. The third-order valence-corrected chi connectivity index (χ3v) is 4.25. The average Bonchev–Trinajstić information content (AvgIpc) is 2.75. The molecule has 0 aliphatic carbocycles. The number of rotatable bonds is 4. The first-order valence-electron chi connectivity index (χ1n) is 5.89. The molecular weight excluding hydrogens is 280 g/mol. The lowest BCUT2D eigenvalue weighted by Gasteiger charge is -2.14. The van der Waals surface area contributed by atoms with Gasteiger partial charge in [-0.05, 0) is 44.2 Å². The number of nitrogen functional groups attached to an aromatic ring is 1. The van der Waals surface area contributed by atoms with Crippen molar-refractivity contribution in [1.29, 1.82) is 0 Å². The predicted molar refractivity (Wildman–Crippen MR) is 82.2 cm³/mol. The van der Waals surface area contributed by atoms with E-state index in [1.807, 2.05) is 18.2 Å². The SMILES string of the molecule is CC(=O)c1ccc(NC(C)c2ccc(Cl)s2)cc1N. The second-order valence-electron chi connectivity index (χ2n) is 4.37. The minimum absolute atomic E-state index is 0.0258. The van der Waals surface area contributed by atoms with Crippen molar-refractivity contribution in [2.45, 2.75) is 19.9 Å². The topological polar surface area (TPSA) is 55.1 Å². The number of benzene rings is 1. The molecule has 2 rings (SSSR count). The number of Topliss-reactive ketones (excluding diaryl/α,β-unsaturated/α-hetero) is 1. The van der Waals surface area contributed by atoms with Crippen molar-refractivity contribution < 1.29 is 4.79 Å². The third kappa shape index (κ3) is 3.28. The molecule has 0 saturated heterocycles. The highest BCUT2D eigenvalue weighted by atomic mass is 35.5. The summed E-state index contributed by atoms with van der Waals surface area (Å²) >= 11 is 7.47. The van der Waals surface area contributed by atoms with Gasteiger partial charge < -0.3 is 11.1 Å². The number of ketones is 1. The van der Waals surface area contributed by atoms with Crippen LogP contribution in [0.15, 0.2) is 30.3 Å². The van der Waals surface area contributed by atoms with Crippen molar-refractivity contribution in [3.05, 3.63) is 45.1 Å². The highest BCUT2D eigenvalue weighted by molar-refractivity contribution is 7.16. The molecule has 1 aromatic carbocycles. The highest BCUT2D eigenvalue weighted by Crippen LogP contribution is 2.29. The fourth-order valence-electron chi connectivity index (χ4n) is 1.86. The van der Waals surface area contributed by atoms with E-state index >= 15 is 0 Å². The minimum atomic E-state index is -0.0258. The van der Waals surface area contributed by atoms with Gasteiger partial charge in [-0.2, -0.15) is 0 Å². The van der Waals surface area contributed by atoms with E-state index in [4.69, 9.17) is 17.3 Å². The number of thiophene rings is 1. The number of halogens is 1. The molecule has 1 aromatic heterocycles. The van der Waals surface area contributed by atoms with Crippen LogP contribution in [-0.2, 0) is 0 Å². The van der Waals surface area contributed by atoms with Crippen LogP contribution in [0.2, 0.25) is 4.34 Å². The summed E-state index contributed by atoms with van der Waals surface area (Å²) in [6, 6.07) is 9.40. The molecule has 1 heterocycles. The van der Waals surface area contributed by atoms with Gasteiger partial charge in [0, 0.05) is 21.8 Å². The lowest BCUT2D eigenvalue weighted by atomic mass is 10.1. The van der Waals surface area contributed by atoms with Crippen LogP contribution in [0.1, 0.15) is 35.1 Å². The summed E-state index contributed by atoms with van der Waals surface area (Å²) in [6.07, 6.45) is 0. The molecule has 1 unspecified atom stereocenters. The second kappa shape index (κ2) is 5.63. The summed E-state index contributed by atoms with van der Waals surface area (Å²) in [5.41, 5.74) is 7.80. The molecule has 1 atom stereocenters. The van der Waals surface area contributed by atoms with Crippen LogP contribution in [0, 0.1) is 0 Å². The first kappa shape index (κ1) is 13.9. The van der Waals surface area contributed by atoms with Gasteiger partial charge >= 0.3 is 0 Å². The van der Waals surface area contributed by atoms with Crippen molar-refractivity contribution in [1.82, 2.24) is 0 Å². The first-order valence-corrected chi connectivity index (χ1v) is 7.09. The Morgan fingerprint density at radius 2 is 2.11 bits per heavy atom. The van der Waals surface area contributed by atoms with Crippen LogP contribution in [0.3, 0.4) is 0 Å². The number of anilines is 2. The molecule has 0 aliphatic heterocycles. The maximum absolute atomic E-state index is 11.3. The van der Waals surface area contributed by atoms with Crippen molar-refractivity contribution in [3.63, 3.8) is 0 Å². The van der Waals surface area contributed by atoms with Crippen LogP contribution in [0.4, 0.5) is 11.4 Å². The van der Waals surface area contributed by atoms with Crippen molar-refractivity contribution in [2.24, 2.45) is 0 Å². The zero-order valence-corrected chi connectivity index (χ0v) is 12.3. The molecule has 0 amide bonds. The summed E-state index contributed by atoms with van der Waals surface area (Å²) in [6.45, 7) is 3.56. The first-order chi connectivity index (χ1) is 8.97. The third-order valence-electron chi connectivity index (χ3n) is 2.83. The van der Waals surface area contributed by atoms with Crippen LogP contribution in [-0.4, -0.2) is 5.78 Å². The largest absolute Gasteiger partial charge is 0.398 e. The van der Waals surface area contributed by atoms with E-state index in [0.29, 0.717) is 11.3 Å². The lowest BCUT2D eigenvalue weighted by molar-refractivity contribution is 0.101. The Morgan fingerprint density at radius 3 is 2.63 bits per heavy atom. The second-order valence-corrected chi connectivity index (χ2v) is 6.11. The molecule has 2 aromatic rings. The van der Waals surface area contributed by atoms with Gasteiger partial charge in [0.2, 0.25) is 0 Å². The van der Waals surface area contributed by atoms with Gasteiger partial charge in [0.05, 0.1) is 10.4 Å². The van der Waals surface area contributed by atoms with Gasteiger partial charge in [0.1, 0.15) is 0 Å². The predicted octanol–water partition coefficient (Wildman–Crippen LogP) is 4.36. The Labute approximate surface area is 121 Å². The average molecular weight is 295 g/mol. The molecule has 0 fully saturated rings. The van der Waals surface area contributed by atoms with E-state index < -0.39 is 0 Å². The zero-order chi connectivity index (χ0) is 14.0. The lowest BCUT2D eigenvalue weighted by Crippen LogP contribution is -2.06. The number of hydrogen-bond donors (Lipinski definition) is 2. The summed E-state index contributed by atoms with van der Waals surface area (Å²) in [5.74, 6) is -0.0258. The standard InChI is InChI=1S/C14H15ClN2OS/c1-8(13-5-6-14(15)19-13)17-10-3-4-11(9(2)18)12(16)7-10/h3-8,17H,16H2,1-2H3. The molecule has 19 heavy (non-hydrogen) atoms. The monoisotopic (exact) mass is 294 g/mol. The molecule has 0 radical (unpaired) electrons. The molecule has 0 aliphatic rings. The molecule has 3 nitrogen and oxygen atoms in total. The summed E-state index contributed by atoms with van der Waals surface area (Å²) in [7, 11) is 0. The molecule has 0 bridgehead atoms. The molecule has 100 valence electrons. The molecule has 0 saturated carbocycles. The van der Waals surface area contributed by atoms with Gasteiger partial charge in [-0.1, -0.05) is 11.6 Å². The fourth-order valence-corrected chi connectivity index (χ4v) is 2.92. The Kier molecular flexibility index (Phi) is 4.12. The fraction of sp³-hybridized carbons (Fsp3) is 0.214. The number of nitrogens with two attached hydrogens (primary N) is 1. The highest BCUT2D eigenvalue weighted by Gasteiger charge is 2.10. The normalized spacial score (nSPS) is 12.2. The van der Waals surface area contributed by atoms with Crippen LogP contribution >= 0.6 is 22.9 Å². The summed E-state index contributed by atoms with van der Waals surface area (Å²) in [5, 5.41) is 3.34. The smallest absolute Gasteiger partial charge is 0.161 e. The zero-order valence-electron chi connectivity index (χ0n) is 10.7. The minimum Gasteiger partial charge on any atom is -0.398 e. The van der Waals surface area contributed by atoms with E-state index in [0.717, 1.165) is 14.9 Å².